The molecule has 2 amide bonds. The van der Waals surface area contributed by atoms with E-state index in [0.717, 1.165) is 22.3 Å². The summed E-state index contributed by atoms with van der Waals surface area (Å²) in [5.74, 6) is -1.23. The predicted octanol–water partition coefficient (Wildman–Crippen LogP) is 0.716. The van der Waals surface area contributed by atoms with Gasteiger partial charge in [0.2, 0.25) is 5.91 Å². The topological polar surface area (TPSA) is 137 Å². The van der Waals surface area contributed by atoms with E-state index in [2.05, 4.69) is 10.6 Å². The van der Waals surface area contributed by atoms with E-state index >= 15 is 0 Å². The Kier molecular flexibility index (Phi) is 6.94. The molecule has 5 atom stereocenters. The molecular weight excluding hydrogens is 428 g/mol. The highest BCUT2D eigenvalue weighted by molar-refractivity contribution is 5.82. The molecule has 1 aliphatic heterocycles. The van der Waals surface area contributed by atoms with E-state index < -0.39 is 49.0 Å². The van der Waals surface area contributed by atoms with Crippen LogP contribution in [0.1, 0.15) is 24.0 Å². The molecule has 5 N–H and O–H groups in total. The van der Waals surface area contributed by atoms with Gasteiger partial charge in [-0.05, 0) is 22.3 Å². The van der Waals surface area contributed by atoms with Gasteiger partial charge in [-0.2, -0.15) is 0 Å². The number of amides is 2. The number of alkyl carbamates (subject to hydrolysis) is 1. The van der Waals surface area contributed by atoms with Gasteiger partial charge in [0.1, 0.15) is 19.3 Å². The molecule has 0 spiro atoms. The fraction of sp³-hybridized carbons (Fsp3) is 0.417. The molecule has 1 saturated heterocycles. The van der Waals surface area contributed by atoms with Crippen LogP contribution in [0.2, 0.25) is 0 Å². The Morgan fingerprint density at radius 3 is 2.21 bits per heavy atom. The molecule has 0 aromatic heterocycles. The number of hydrogen-bond acceptors (Lipinski definition) is 7. The minimum atomic E-state index is -1.36. The van der Waals surface area contributed by atoms with Crippen LogP contribution in [-0.4, -0.2) is 71.6 Å². The summed E-state index contributed by atoms with van der Waals surface area (Å²) in [6.07, 6.45) is -5.22. The Hall–Kier alpha value is -2.98. The van der Waals surface area contributed by atoms with Crippen molar-refractivity contribution in [1.82, 2.24) is 10.6 Å². The summed E-state index contributed by atoms with van der Waals surface area (Å²) < 4.78 is 10.8. The highest BCUT2D eigenvalue weighted by atomic mass is 16.6. The molecule has 1 fully saturated rings. The Labute approximate surface area is 191 Å². The van der Waals surface area contributed by atoms with Gasteiger partial charge in [0.05, 0.1) is 18.8 Å². The summed E-state index contributed by atoms with van der Waals surface area (Å²) >= 11 is 0. The largest absolute Gasteiger partial charge is 0.449 e. The van der Waals surface area contributed by atoms with Gasteiger partial charge < -0.3 is 35.4 Å². The molecule has 2 aliphatic rings. The number of carbonyl (C=O) groups excluding carboxylic acids is 2. The third-order valence-electron chi connectivity index (χ3n) is 6.33. The Bertz CT molecular complexity index is 966. The number of ether oxygens (including phenoxy) is 2. The van der Waals surface area contributed by atoms with Gasteiger partial charge in [-0.3, -0.25) is 4.79 Å². The molecule has 2 aromatic carbocycles. The van der Waals surface area contributed by atoms with E-state index in [1.54, 1.807) is 6.92 Å². The molecule has 4 rings (SSSR count). The molecule has 1 heterocycles. The second kappa shape index (κ2) is 9.88. The van der Waals surface area contributed by atoms with Gasteiger partial charge in [0.15, 0.2) is 6.23 Å². The number of fused-ring (bicyclic) bond motifs is 3. The van der Waals surface area contributed by atoms with Gasteiger partial charge in [-0.15, -0.1) is 0 Å². The fourth-order valence-electron chi connectivity index (χ4n) is 4.44. The van der Waals surface area contributed by atoms with Crippen molar-refractivity contribution in [3.8, 4) is 11.1 Å². The number of aliphatic hydroxyl groups excluding tert-OH is 3. The summed E-state index contributed by atoms with van der Waals surface area (Å²) in [4.78, 5) is 24.4. The van der Waals surface area contributed by atoms with Crippen molar-refractivity contribution in [3.63, 3.8) is 0 Å². The molecule has 9 heteroatoms. The lowest BCUT2D eigenvalue weighted by atomic mass is 9.90. The third-order valence-corrected chi connectivity index (χ3v) is 6.33. The minimum Gasteiger partial charge on any atom is -0.449 e. The van der Waals surface area contributed by atoms with Crippen molar-refractivity contribution in [2.75, 3.05) is 19.8 Å². The average Bonchev–Trinajstić information content (AvgIpc) is 3.15. The number of rotatable bonds is 6. The first-order valence-corrected chi connectivity index (χ1v) is 10.9. The van der Waals surface area contributed by atoms with Gasteiger partial charge in [0, 0.05) is 11.8 Å². The van der Waals surface area contributed by atoms with Crippen LogP contribution >= 0.6 is 0 Å². The summed E-state index contributed by atoms with van der Waals surface area (Å²) in [5.41, 5.74) is 4.40. The molecule has 33 heavy (non-hydrogen) atoms. The monoisotopic (exact) mass is 456 g/mol. The van der Waals surface area contributed by atoms with Crippen molar-refractivity contribution in [2.45, 2.75) is 37.4 Å². The maximum atomic E-state index is 12.2. The van der Waals surface area contributed by atoms with Gasteiger partial charge in [-0.25, -0.2) is 4.79 Å². The van der Waals surface area contributed by atoms with E-state index in [9.17, 15) is 24.9 Å². The highest BCUT2D eigenvalue weighted by Gasteiger charge is 2.42. The van der Waals surface area contributed by atoms with Crippen LogP contribution in [0.25, 0.3) is 11.1 Å². The molecule has 1 aliphatic carbocycles. The minimum absolute atomic E-state index is 0.0957. The lowest BCUT2D eigenvalue weighted by Crippen LogP contribution is -2.61. The third kappa shape index (κ3) is 4.72. The van der Waals surface area contributed by atoms with E-state index in [1.807, 2.05) is 48.5 Å². The fourth-order valence-corrected chi connectivity index (χ4v) is 4.44. The number of carbonyl (C=O) groups is 2. The second-order valence-corrected chi connectivity index (χ2v) is 8.36. The molecular formula is C24H28N2O7. The van der Waals surface area contributed by atoms with Crippen molar-refractivity contribution < 1.29 is 34.4 Å². The first kappa shape index (κ1) is 23.2. The smallest absolute Gasteiger partial charge is 0.407 e. The first-order chi connectivity index (χ1) is 15.9. The standard InChI is InChI=1S/C24H28N2O7/c1-13-19(11-27)33-23(22(30)21(13)29)26-20(28)10-25-24(31)32-12-18-16-8-4-2-6-14(16)15-7-3-5-9-17(15)18/h2-9,13,18-19,21-23,27,29-30H,10-12H2,1H3,(H,25,31)(H,26,28)/t13?,19?,21?,22-,23+/m0/s1. The summed E-state index contributed by atoms with van der Waals surface area (Å²) in [6, 6.07) is 15.9. The van der Waals surface area contributed by atoms with Crippen LogP contribution in [0, 0.1) is 5.92 Å². The summed E-state index contributed by atoms with van der Waals surface area (Å²) in [5, 5.41) is 34.4. The zero-order chi connectivity index (χ0) is 23.5. The summed E-state index contributed by atoms with van der Waals surface area (Å²) in [6.45, 7) is 0.980. The van der Waals surface area contributed by atoms with Crippen LogP contribution in [0.4, 0.5) is 4.79 Å². The number of aliphatic hydroxyl groups is 3. The Morgan fingerprint density at radius 2 is 1.61 bits per heavy atom. The number of nitrogens with one attached hydrogen (secondary N) is 2. The van der Waals surface area contributed by atoms with E-state index in [4.69, 9.17) is 9.47 Å². The zero-order valence-corrected chi connectivity index (χ0v) is 18.2. The van der Waals surface area contributed by atoms with Crippen molar-refractivity contribution in [3.05, 3.63) is 59.7 Å². The average molecular weight is 456 g/mol. The first-order valence-electron chi connectivity index (χ1n) is 10.9. The predicted molar refractivity (Wildman–Crippen MR) is 118 cm³/mol. The quantitative estimate of drug-likeness (QED) is 0.432. The number of benzene rings is 2. The molecule has 3 unspecified atom stereocenters. The van der Waals surface area contributed by atoms with E-state index in [1.165, 1.54) is 0 Å². The van der Waals surface area contributed by atoms with E-state index in [0.29, 0.717) is 0 Å². The van der Waals surface area contributed by atoms with Gasteiger partial charge in [-0.1, -0.05) is 55.5 Å². The highest BCUT2D eigenvalue weighted by Crippen LogP contribution is 2.44. The molecule has 9 nitrogen and oxygen atoms in total. The Morgan fingerprint density at radius 1 is 1.00 bits per heavy atom. The van der Waals surface area contributed by atoms with Crippen molar-refractivity contribution in [2.24, 2.45) is 5.92 Å². The molecule has 0 saturated carbocycles. The van der Waals surface area contributed by atoms with Crippen LogP contribution in [0.5, 0.6) is 0 Å². The zero-order valence-electron chi connectivity index (χ0n) is 18.2. The Balaban J connectivity index is 1.28. The normalized spacial score (nSPS) is 26.2. The van der Waals surface area contributed by atoms with E-state index in [-0.39, 0.29) is 19.1 Å². The molecule has 0 bridgehead atoms. The maximum Gasteiger partial charge on any atom is 0.407 e. The lowest BCUT2D eigenvalue weighted by Gasteiger charge is -2.41. The van der Waals surface area contributed by atoms with Crippen LogP contribution < -0.4 is 10.6 Å². The molecule has 176 valence electrons. The second-order valence-electron chi connectivity index (χ2n) is 8.36. The SMILES string of the molecule is CC1C(CO)O[C@@H](NC(=O)CNC(=O)OCC2c3ccccc3-c3ccccc32)[C@@H](O)C1O. The number of hydrogen-bond donors (Lipinski definition) is 5. The van der Waals surface area contributed by atoms with Crippen LogP contribution in [0.15, 0.2) is 48.5 Å². The van der Waals surface area contributed by atoms with Crippen LogP contribution in [-0.2, 0) is 14.3 Å². The van der Waals surface area contributed by atoms with Gasteiger partial charge in [0.25, 0.3) is 0 Å². The van der Waals surface area contributed by atoms with Crippen molar-refractivity contribution in [1.29, 1.82) is 0 Å². The maximum absolute atomic E-state index is 12.2. The van der Waals surface area contributed by atoms with Gasteiger partial charge >= 0.3 is 6.09 Å². The molecule has 0 radical (unpaired) electrons. The summed E-state index contributed by atoms with van der Waals surface area (Å²) in [7, 11) is 0. The lowest BCUT2D eigenvalue weighted by molar-refractivity contribution is -0.213. The molecule has 2 aromatic rings. The van der Waals surface area contributed by atoms with Crippen molar-refractivity contribution >= 4 is 12.0 Å². The van der Waals surface area contributed by atoms with Crippen LogP contribution in [0.3, 0.4) is 0 Å².